The molecule has 1 atom stereocenters. The minimum Gasteiger partial charge on any atom is -0.369 e. The van der Waals surface area contributed by atoms with E-state index in [1.54, 1.807) is 0 Å². The molecule has 2 aliphatic rings. The van der Waals surface area contributed by atoms with Crippen LogP contribution in [0.3, 0.4) is 0 Å². The second-order valence-electron chi connectivity index (χ2n) is 3.94. The predicted molar refractivity (Wildman–Crippen MR) is 44.6 cm³/mol. The highest BCUT2D eigenvalue weighted by atomic mass is 16.5. The first kappa shape index (κ1) is 7.56. The molecular formula is C9H17NO. The number of hydrogen-bond donors (Lipinski definition) is 0. The maximum Gasteiger partial charge on any atom is 0.0815 e. The standard InChI is InChI=1S/C9H17NO/c1-3-10-6-8(2)11-9(7-10)4-5-9/h8H,3-7H2,1-2H3/t8-/m0/s1. The topological polar surface area (TPSA) is 12.5 Å². The lowest BCUT2D eigenvalue weighted by molar-refractivity contribution is -0.0916. The van der Waals surface area contributed by atoms with Crippen molar-refractivity contribution in [1.29, 1.82) is 0 Å². The smallest absolute Gasteiger partial charge is 0.0815 e. The number of ether oxygens (including phenoxy) is 1. The number of morpholine rings is 1. The molecule has 2 heteroatoms. The molecule has 0 bridgehead atoms. The zero-order valence-electron chi connectivity index (χ0n) is 7.47. The molecule has 2 nitrogen and oxygen atoms in total. The molecule has 0 unspecified atom stereocenters. The monoisotopic (exact) mass is 155 g/mol. The molecule has 11 heavy (non-hydrogen) atoms. The van der Waals surface area contributed by atoms with Gasteiger partial charge in [-0.25, -0.2) is 0 Å². The van der Waals surface area contributed by atoms with Gasteiger partial charge in [-0.15, -0.1) is 0 Å². The van der Waals surface area contributed by atoms with Gasteiger partial charge in [-0.1, -0.05) is 6.92 Å². The third kappa shape index (κ3) is 1.42. The Labute approximate surface area is 68.5 Å². The quantitative estimate of drug-likeness (QED) is 0.565. The van der Waals surface area contributed by atoms with Gasteiger partial charge in [0, 0.05) is 13.1 Å². The van der Waals surface area contributed by atoms with E-state index in [9.17, 15) is 0 Å². The van der Waals surface area contributed by atoms with E-state index in [-0.39, 0.29) is 0 Å². The summed E-state index contributed by atoms with van der Waals surface area (Å²) in [4.78, 5) is 2.50. The molecule has 0 aromatic carbocycles. The molecule has 0 aromatic rings. The molecule has 1 spiro atoms. The summed E-state index contributed by atoms with van der Waals surface area (Å²) in [6.45, 7) is 7.89. The minimum absolute atomic E-state index is 0.299. The number of rotatable bonds is 1. The molecule has 0 aromatic heterocycles. The van der Waals surface area contributed by atoms with Gasteiger partial charge in [-0.3, -0.25) is 4.90 Å². The van der Waals surface area contributed by atoms with Crippen LogP contribution in [0, 0.1) is 0 Å². The maximum atomic E-state index is 5.88. The number of nitrogens with zero attached hydrogens (tertiary/aromatic N) is 1. The summed E-state index contributed by atoms with van der Waals surface area (Å²) in [5.74, 6) is 0. The average Bonchev–Trinajstić information content (AvgIpc) is 2.67. The normalized spacial score (nSPS) is 36.0. The van der Waals surface area contributed by atoms with Crippen LogP contribution in [0.2, 0.25) is 0 Å². The maximum absolute atomic E-state index is 5.88. The molecule has 64 valence electrons. The van der Waals surface area contributed by atoms with Crippen molar-refractivity contribution in [2.75, 3.05) is 19.6 Å². The summed E-state index contributed by atoms with van der Waals surface area (Å²) in [6, 6.07) is 0. The van der Waals surface area contributed by atoms with E-state index in [1.165, 1.54) is 25.9 Å². The molecule has 1 saturated carbocycles. The summed E-state index contributed by atoms with van der Waals surface area (Å²) >= 11 is 0. The predicted octanol–water partition coefficient (Wildman–Crippen LogP) is 1.26. The van der Waals surface area contributed by atoms with E-state index in [1.807, 2.05) is 0 Å². The highest BCUT2D eigenvalue weighted by Gasteiger charge is 2.48. The third-order valence-electron chi connectivity index (χ3n) is 2.73. The van der Waals surface area contributed by atoms with Gasteiger partial charge in [0.25, 0.3) is 0 Å². The van der Waals surface area contributed by atoms with Crippen molar-refractivity contribution in [3.63, 3.8) is 0 Å². The molecule has 2 fully saturated rings. The number of hydrogen-bond acceptors (Lipinski definition) is 2. The molecule has 0 amide bonds. The summed E-state index contributed by atoms with van der Waals surface area (Å²) in [7, 11) is 0. The average molecular weight is 155 g/mol. The Morgan fingerprint density at radius 2 is 2.27 bits per heavy atom. The third-order valence-corrected chi connectivity index (χ3v) is 2.73. The van der Waals surface area contributed by atoms with E-state index in [2.05, 4.69) is 18.7 Å². The highest BCUT2D eigenvalue weighted by molar-refractivity contribution is 5.01. The lowest BCUT2D eigenvalue weighted by Crippen LogP contribution is -2.47. The fourth-order valence-electron chi connectivity index (χ4n) is 1.99. The van der Waals surface area contributed by atoms with Crippen molar-refractivity contribution in [1.82, 2.24) is 4.90 Å². The van der Waals surface area contributed by atoms with Gasteiger partial charge in [0.2, 0.25) is 0 Å². The summed E-state index contributed by atoms with van der Waals surface area (Å²) in [5, 5.41) is 0. The van der Waals surface area contributed by atoms with Crippen molar-refractivity contribution in [2.45, 2.75) is 38.4 Å². The van der Waals surface area contributed by atoms with Gasteiger partial charge in [0.05, 0.1) is 11.7 Å². The highest BCUT2D eigenvalue weighted by Crippen LogP contribution is 2.43. The summed E-state index contributed by atoms with van der Waals surface area (Å²) < 4.78 is 5.88. The van der Waals surface area contributed by atoms with Gasteiger partial charge in [0.15, 0.2) is 0 Å². The van der Waals surface area contributed by atoms with Crippen molar-refractivity contribution in [3.05, 3.63) is 0 Å². The number of likely N-dealkylation sites (N-methyl/N-ethyl adjacent to an activating group) is 1. The van der Waals surface area contributed by atoms with Gasteiger partial charge in [-0.05, 0) is 26.3 Å². The van der Waals surface area contributed by atoms with E-state index in [0.717, 1.165) is 6.54 Å². The molecule has 1 heterocycles. The Bertz CT molecular complexity index is 154. The Morgan fingerprint density at radius 1 is 1.55 bits per heavy atom. The van der Waals surface area contributed by atoms with Crippen LogP contribution in [-0.4, -0.2) is 36.2 Å². The molecule has 1 aliphatic carbocycles. The van der Waals surface area contributed by atoms with Crippen LogP contribution >= 0.6 is 0 Å². The van der Waals surface area contributed by atoms with Crippen LogP contribution in [0.1, 0.15) is 26.7 Å². The Balaban J connectivity index is 1.97. The largest absolute Gasteiger partial charge is 0.369 e. The minimum atomic E-state index is 0.299. The zero-order chi connectivity index (χ0) is 7.90. The van der Waals surface area contributed by atoms with Crippen LogP contribution in [0.25, 0.3) is 0 Å². The summed E-state index contributed by atoms with van der Waals surface area (Å²) in [5.41, 5.74) is 0.299. The van der Waals surface area contributed by atoms with E-state index >= 15 is 0 Å². The van der Waals surface area contributed by atoms with Gasteiger partial charge in [-0.2, -0.15) is 0 Å². The molecule has 1 aliphatic heterocycles. The van der Waals surface area contributed by atoms with Crippen molar-refractivity contribution in [3.8, 4) is 0 Å². The lowest BCUT2D eigenvalue weighted by atomic mass is 10.2. The second kappa shape index (κ2) is 2.46. The molecule has 0 radical (unpaired) electrons. The van der Waals surface area contributed by atoms with Crippen LogP contribution in [0.5, 0.6) is 0 Å². The van der Waals surface area contributed by atoms with E-state index in [0.29, 0.717) is 11.7 Å². The lowest BCUT2D eigenvalue weighted by Gasteiger charge is -2.36. The Morgan fingerprint density at radius 3 is 2.82 bits per heavy atom. The SMILES string of the molecule is CCN1C[C@H](C)OC2(CC2)C1. The first-order chi connectivity index (χ1) is 5.24. The first-order valence-corrected chi connectivity index (χ1v) is 4.64. The van der Waals surface area contributed by atoms with Crippen LogP contribution in [0.15, 0.2) is 0 Å². The van der Waals surface area contributed by atoms with Crippen molar-refractivity contribution >= 4 is 0 Å². The molecule has 0 N–H and O–H groups in total. The van der Waals surface area contributed by atoms with Gasteiger partial charge >= 0.3 is 0 Å². The van der Waals surface area contributed by atoms with Crippen molar-refractivity contribution in [2.24, 2.45) is 0 Å². The van der Waals surface area contributed by atoms with Crippen LogP contribution < -0.4 is 0 Å². The van der Waals surface area contributed by atoms with Crippen molar-refractivity contribution < 1.29 is 4.74 Å². The van der Waals surface area contributed by atoms with Crippen LogP contribution in [-0.2, 0) is 4.74 Å². The fourth-order valence-corrected chi connectivity index (χ4v) is 1.99. The van der Waals surface area contributed by atoms with Gasteiger partial charge in [0.1, 0.15) is 0 Å². The van der Waals surface area contributed by atoms with E-state index < -0.39 is 0 Å². The molecule has 2 rings (SSSR count). The Hall–Kier alpha value is -0.0800. The fraction of sp³-hybridized carbons (Fsp3) is 1.00. The first-order valence-electron chi connectivity index (χ1n) is 4.64. The second-order valence-corrected chi connectivity index (χ2v) is 3.94. The molecular weight excluding hydrogens is 138 g/mol. The summed E-state index contributed by atoms with van der Waals surface area (Å²) in [6.07, 6.45) is 3.02. The Kier molecular flexibility index (Phi) is 1.69. The molecule has 1 saturated heterocycles. The van der Waals surface area contributed by atoms with Crippen LogP contribution in [0.4, 0.5) is 0 Å². The van der Waals surface area contributed by atoms with E-state index in [4.69, 9.17) is 4.74 Å². The van der Waals surface area contributed by atoms with Gasteiger partial charge < -0.3 is 4.74 Å². The zero-order valence-corrected chi connectivity index (χ0v) is 7.47.